The maximum atomic E-state index is 12.9. The minimum atomic E-state index is -0.418. The van der Waals surface area contributed by atoms with E-state index in [0.29, 0.717) is 49.0 Å². The first kappa shape index (κ1) is 21.9. The third-order valence-corrected chi connectivity index (χ3v) is 7.79. The van der Waals surface area contributed by atoms with Gasteiger partial charge in [-0.05, 0) is 67.2 Å². The number of hydrogen-bond acceptors (Lipinski definition) is 6. The quantitative estimate of drug-likeness (QED) is 0.179. The predicted molar refractivity (Wildman–Crippen MR) is 118 cm³/mol. The molecule has 7 nitrogen and oxygen atoms in total. The molecule has 2 saturated carbocycles. The Hall–Kier alpha value is -2.96. The molecule has 33 heavy (non-hydrogen) atoms. The Morgan fingerprint density at radius 1 is 0.939 bits per heavy atom. The summed E-state index contributed by atoms with van der Waals surface area (Å²) >= 11 is 0. The molecular weight excluding hydrogens is 422 g/mol. The molecule has 2 amide bonds. The third kappa shape index (κ3) is 3.98. The summed E-state index contributed by atoms with van der Waals surface area (Å²) < 4.78 is 10.2. The van der Waals surface area contributed by atoms with Crippen LogP contribution < -0.4 is 4.74 Å². The van der Waals surface area contributed by atoms with Crippen LogP contribution in [0.3, 0.4) is 0 Å². The standard InChI is InChI=1S/C26H29NO6/c1-32-16-8-6-15(7-9-16)21(28)14-33-22(29)5-3-2-4-12-27-25(30)23-17-10-11-18(20-13-19(17)20)24(23)26(27)31/h6-11,17-20,23-24H,2-5,12-14H2,1H3/t17-,18+,19-,20-,23+,24+/m1/s1. The van der Waals surface area contributed by atoms with Gasteiger partial charge in [-0.1, -0.05) is 18.6 Å². The number of unbranched alkanes of at least 4 members (excludes halogenated alkanes) is 2. The molecule has 0 N–H and O–H groups in total. The van der Waals surface area contributed by atoms with Crippen LogP contribution in [0.5, 0.6) is 5.75 Å². The second-order valence-electron chi connectivity index (χ2n) is 9.61. The van der Waals surface area contributed by atoms with E-state index in [9.17, 15) is 19.2 Å². The van der Waals surface area contributed by atoms with Gasteiger partial charge in [-0.25, -0.2) is 0 Å². The van der Waals surface area contributed by atoms with Crippen molar-refractivity contribution in [3.8, 4) is 5.75 Å². The number of likely N-dealkylation sites (tertiary alicyclic amines) is 1. The molecule has 1 aromatic carbocycles. The van der Waals surface area contributed by atoms with E-state index in [1.165, 1.54) is 4.90 Å². The fraction of sp³-hybridized carbons (Fsp3) is 0.538. The van der Waals surface area contributed by atoms with Crippen molar-refractivity contribution in [3.63, 3.8) is 0 Å². The molecule has 4 aliphatic carbocycles. The van der Waals surface area contributed by atoms with Gasteiger partial charge in [0, 0.05) is 18.5 Å². The van der Waals surface area contributed by atoms with E-state index in [0.717, 1.165) is 6.42 Å². The lowest BCUT2D eigenvalue weighted by atomic mass is 9.63. The van der Waals surface area contributed by atoms with Crippen molar-refractivity contribution in [3.05, 3.63) is 42.0 Å². The first-order valence-corrected chi connectivity index (χ1v) is 11.9. The number of imide groups is 1. The zero-order valence-corrected chi connectivity index (χ0v) is 18.8. The molecule has 5 aliphatic rings. The first-order chi connectivity index (χ1) is 16.0. The maximum absolute atomic E-state index is 12.9. The van der Waals surface area contributed by atoms with Crippen molar-refractivity contribution in [2.24, 2.45) is 35.5 Å². The molecule has 1 aliphatic heterocycles. The Morgan fingerprint density at radius 2 is 1.58 bits per heavy atom. The van der Waals surface area contributed by atoms with Crippen molar-refractivity contribution < 1.29 is 28.7 Å². The smallest absolute Gasteiger partial charge is 0.306 e. The Morgan fingerprint density at radius 3 is 2.18 bits per heavy atom. The van der Waals surface area contributed by atoms with E-state index < -0.39 is 5.97 Å². The highest BCUT2D eigenvalue weighted by Gasteiger charge is 2.66. The Balaban J connectivity index is 1.01. The average Bonchev–Trinajstić information content (AvgIpc) is 3.62. The minimum Gasteiger partial charge on any atom is -0.497 e. The molecule has 6 rings (SSSR count). The number of amides is 2. The number of methoxy groups -OCH3 is 1. The van der Waals surface area contributed by atoms with Gasteiger partial charge in [-0.3, -0.25) is 24.1 Å². The Kier molecular flexibility index (Phi) is 5.81. The van der Waals surface area contributed by atoms with Gasteiger partial charge in [0.25, 0.3) is 0 Å². The van der Waals surface area contributed by atoms with Crippen LogP contribution in [0.2, 0.25) is 0 Å². The lowest BCUT2D eigenvalue weighted by Gasteiger charge is -2.37. The van der Waals surface area contributed by atoms with Gasteiger partial charge in [0.15, 0.2) is 12.4 Å². The first-order valence-electron chi connectivity index (χ1n) is 11.9. The van der Waals surface area contributed by atoms with Crippen LogP contribution in [0.1, 0.15) is 42.5 Å². The van der Waals surface area contributed by atoms with Crippen LogP contribution in [0.25, 0.3) is 0 Å². The van der Waals surface area contributed by atoms with Crippen LogP contribution in [-0.2, 0) is 19.1 Å². The number of hydrogen-bond donors (Lipinski definition) is 0. The molecule has 0 aromatic heterocycles. The van der Waals surface area contributed by atoms with Gasteiger partial charge in [-0.2, -0.15) is 0 Å². The van der Waals surface area contributed by atoms with E-state index >= 15 is 0 Å². The monoisotopic (exact) mass is 451 g/mol. The molecule has 3 fully saturated rings. The summed E-state index contributed by atoms with van der Waals surface area (Å²) in [5, 5.41) is 0. The molecule has 2 bridgehead atoms. The minimum absolute atomic E-state index is 0.00570. The van der Waals surface area contributed by atoms with Gasteiger partial charge in [0.05, 0.1) is 18.9 Å². The molecule has 6 atom stereocenters. The number of ketones is 1. The van der Waals surface area contributed by atoms with E-state index in [4.69, 9.17) is 9.47 Å². The number of ether oxygens (including phenoxy) is 2. The summed E-state index contributed by atoms with van der Waals surface area (Å²) in [6.07, 6.45) is 7.71. The van der Waals surface area contributed by atoms with Crippen LogP contribution in [0.15, 0.2) is 36.4 Å². The lowest BCUT2D eigenvalue weighted by Crippen LogP contribution is -2.40. The zero-order chi connectivity index (χ0) is 23.1. The summed E-state index contributed by atoms with van der Waals surface area (Å²) in [6, 6.07) is 6.64. The van der Waals surface area contributed by atoms with Crippen LogP contribution >= 0.6 is 0 Å². The number of esters is 1. The van der Waals surface area contributed by atoms with E-state index in [-0.39, 0.29) is 54.3 Å². The molecule has 1 heterocycles. The number of carbonyl (C=O) groups is 4. The van der Waals surface area contributed by atoms with Crippen molar-refractivity contribution in [2.75, 3.05) is 20.3 Å². The second-order valence-corrected chi connectivity index (χ2v) is 9.61. The topological polar surface area (TPSA) is 90.0 Å². The third-order valence-electron chi connectivity index (χ3n) is 7.79. The van der Waals surface area contributed by atoms with E-state index in [1.54, 1.807) is 31.4 Å². The number of nitrogens with zero attached hydrogens (tertiary/aromatic N) is 1. The van der Waals surface area contributed by atoms with Crippen molar-refractivity contribution in [2.45, 2.75) is 32.1 Å². The summed E-state index contributed by atoms with van der Waals surface area (Å²) in [6.45, 7) is 0.132. The Bertz CT molecular complexity index is 963. The summed E-state index contributed by atoms with van der Waals surface area (Å²) in [4.78, 5) is 51.4. The van der Waals surface area contributed by atoms with Crippen LogP contribution in [0.4, 0.5) is 0 Å². The Labute approximate surface area is 193 Å². The maximum Gasteiger partial charge on any atom is 0.306 e. The van der Waals surface area contributed by atoms with Gasteiger partial charge in [0.2, 0.25) is 11.8 Å². The highest BCUT2D eigenvalue weighted by Crippen LogP contribution is 2.65. The number of rotatable bonds is 10. The molecule has 0 spiro atoms. The fourth-order valence-electron chi connectivity index (χ4n) is 6.03. The normalized spacial score (nSPS) is 30.8. The molecule has 1 saturated heterocycles. The number of carbonyl (C=O) groups excluding carboxylic acids is 4. The van der Waals surface area contributed by atoms with E-state index in [1.807, 2.05) is 0 Å². The molecule has 7 heteroatoms. The van der Waals surface area contributed by atoms with E-state index in [2.05, 4.69) is 12.2 Å². The molecule has 0 radical (unpaired) electrons. The molecular formula is C26H29NO6. The van der Waals surface area contributed by atoms with Crippen LogP contribution in [-0.4, -0.2) is 48.7 Å². The van der Waals surface area contributed by atoms with Gasteiger partial charge in [-0.15, -0.1) is 0 Å². The van der Waals surface area contributed by atoms with Gasteiger partial charge < -0.3 is 9.47 Å². The largest absolute Gasteiger partial charge is 0.497 e. The van der Waals surface area contributed by atoms with Crippen LogP contribution in [0, 0.1) is 35.5 Å². The zero-order valence-electron chi connectivity index (χ0n) is 18.8. The summed E-state index contributed by atoms with van der Waals surface area (Å²) in [5.41, 5.74) is 0.463. The second kappa shape index (κ2) is 8.76. The average molecular weight is 452 g/mol. The number of benzene rings is 1. The van der Waals surface area contributed by atoms with Crippen molar-refractivity contribution >= 4 is 23.6 Å². The highest BCUT2D eigenvalue weighted by molar-refractivity contribution is 6.06. The molecule has 1 aromatic rings. The lowest BCUT2D eigenvalue weighted by molar-refractivity contribution is -0.143. The summed E-state index contributed by atoms with van der Waals surface area (Å²) in [7, 11) is 1.55. The van der Waals surface area contributed by atoms with Crippen molar-refractivity contribution in [1.82, 2.24) is 4.90 Å². The number of allylic oxidation sites excluding steroid dienone is 2. The molecule has 174 valence electrons. The predicted octanol–water partition coefficient (Wildman–Crippen LogP) is 3.03. The SMILES string of the molecule is COc1ccc(C(=O)COC(=O)CCCCCN2C(=O)[C@H]3[C@@H]4C=C[C@@H]([C@H]5C[C@H]45)[C@@H]3C2=O)cc1. The molecule has 0 unspecified atom stereocenters. The van der Waals surface area contributed by atoms with Crippen molar-refractivity contribution in [1.29, 1.82) is 0 Å². The highest BCUT2D eigenvalue weighted by atomic mass is 16.5. The number of Topliss-reactive ketones (excluding diaryl/α,β-unsaturated/α-hetero) is 1. The summed E-state index contributed by atoms with van der Waals surface area (Å²) in [5.74, 6) is 1.42. The van der Waals surface area contributed by atoms with Gasteiger partial charge >= 0.3 is 5.97 Å². The van der Waals surface area contributed by atoms with Gasteiger partial charge in [0.1, 0.15) is 5.75 Å². The fourth-order valence-corrected chi connectivity index (χ4v) is 6.03.